The van der Waals surface area contributed by atoms with E-state index in [-0.39, 0.29) is 47.2 Å². The van der Waals surface area contributed by atoms with Crippen molar-refractivity contribution in [3.63, 3.8) is 0 Å². The predicted molar refractivity (Wildman–Crippen MR) is 197 cm³/mol. The van der Waals surface area contributed by atoms with Gasteiger partial charge in [-0.15, -0.1) is 0 Å². The van der Waals surface area contributed by atoms with Gasteiger partial charge >= 0.3 is 109 Å². The van der Waals surface area contributed by atoms with Gasteiger partial charge in [0.05, 0.1) is 26.2 Å². The van der Waals surface area contributed by atoms with Gasteiger partial charge in [0.25, 0.3) is 0 Å². The van der Waals surface area contributed by atoms with Crippen LogP contribution in [0.15, 0.2) is 30.3 Å². The molecule has 0 saturated carbocycles. The summed E-state index contributed by atoms with van der Waals surface area (Å²) >= 11 is -2.22. The zero-order chi connectivity index (χ0) is 36.3. The van der Waals surface area contributed by atoms with Crippen molar-refractivity contribution >= 4 is 50.9 Å². The van der Waals surface area contributed by atoms with Gasteiger partial charge in [-0.3, -0.25) is 19.2 Å². The zero-order valence-electron chi connectivity index (χ0n) is 29.9. The number of nitrogens with one attached hydrogen (secondary N) is 5. The Labute approximate surface area is 311 Å². The van der Waals surface area contributed by atoms with Crippen LogP contribution in [0, 0.1) is 25.2 Å². The number of aryl methyl sites for hydroxylation is 1. The topological polar surface area (TPSA) is 189 Å². The van der Waals surface area contributed by atoms with E-state index in [0.29, 0.717) is 25.2 Å². The molecule has 15 heteroatoms. The molecule has 0 fully saturated rings. The normalized spacial score (nSPS) is 10.0. The second-order valence-corrected chi connectivity index (χ2v) is 15.0. The molecule has 48 heavy (non-hydrogen) atoms. The molecule has 13 nitrogen and oxygen atoms in total. The molecule has 0 aromatic heterocycles. The van der Waals surface area contributed by atoms with Crippen LogP contribution in [0.3, 0.4) is 0 Å². The number of halogens is 1. The van der Waals surface area contributed by atoms with Gasteiger partial charge in [0.1, 0.15) is 6.29 Å². The maximum absolute atomic E-state index is 11.1. The van der Waals surface area contributed by atoms with Gasteiger partial charge in [-0.25, -0.2) is 0 Å². The minimum absolute atomic E-state index is 0. The van der Waals surface area contributed by atoms with Crippen molar-refractivity contribution in [1.29, 1.82) is 0 Å². The monoisotopic (exact) mass is 965 g/mol. The summed E-state index contributed by atoms with van der Waals surface area (Å²) in [7, 11) is 1.97. The number of rotatable bonds is 21. The number of alkyl halides is 1. The second-order valence-electron chi connectivity index (χ2n) is 11.0. The molecule has 0 heterocycles. The summed E-state index contributed by atoms with van der Waals surface area (Å²) in [6, 6.07) is 10.3. The summed E-state index contributed by atoms with van der Waals surface area (Å²) in [5.74, 6) is -0.237. The fourth-order valence-electron chi connectivity index (χ4n) is 3.14. The SMILES string of the molecule is CCCCCCN(O)I(O)CC[CH-]C(C)C.CNCC(C)C.Cc1ccccc1.O=CCNC(=O)CNC(=O)CNC(=O)CNC=O.[W]. The third-order valence-corrected chi connectivity index (χ3v) is 8.87. The van der Waals surface area contributed by atoms with Gasteiger partial charge in [0.15, 0.2) is 0 Å². The number of hydroxylamine groups is 1. The molecule has 1 rings (SSSR count). The first kappa shape index (κ1) is 52.8. The Morgan fingerprint density at radius 2 is 1.48 bits per heavy atom. The number of aldehydes is 1. The van der Waals surface area contributed by atoms with Crippen molar-refractivity contribution in [3.8, 4) is 0 Å². The quantitative estimate of drug-likeness (QED) is 0.0185. The van der Waals surface area contributed by atoms with Gasteiger partial charge in [-0.05, 0) is 26.4 Å². The van der Waals surface area contributed by atoms with Crippen LogP contribution in [-0.2, 0) is 45.0 Å². The van der Waals surface area contributed by atoms with E-state index >= 15 is 0 Å². The van der Waals surface area contributed by atoms with E-state index in [2.05, 4.69) is 86.7 Å². The van der Waals surface area contributed by atoms with Crippen LogP contribution in [0.4, 0.5) is 0 Å². The summed E-state index contributed by atoms with van der Waals surface area (Å²) in [5.41, 5.74) is 1.32. The molecule has 0 saturated heterocycles. The van der Waals surface area contributed by atoms with Crippen molar-refractivity contribution in [2.75, 3.05) is 50.7 Å². The van der Waals surface area contributed by atoms with E-state index in [1.165, 1.54) is 21.7 Å². The summed E-state index contributed by atoms with van der Waals surface area (Å²) in [5, 5.41) is 21.5. The molecular weight excluding hydrogens is 903 g/mol. The largest absolute Gasteiger partial charge is 0.350 e. The number of hydrogen-bond acceptors (Lipinski definition) is 9. The number of carbonyl (C=O) groups is 5. The molecule has 4 amide bonds. The van der Waals surface area contributed by atoms with Crippen LogP contribution < -0.4 is 26.6 Å². The maximum Gasteiger partial charge on any atom is 0.239 e. The average Bonchev–Trinajstić information content (AvgIpc) is 3.03. The van der Waals surface area contributed by atoms with Crippen molar-refractivity contribution < 1.29 is 53.7 Å². The zero-order valence-corrected chi connectivity index (χ0v) is 35.0. The van der Waals surface area contributed by atoms with Crippen molar-refractivity contribution in [1.82, 2.24) is 29.9 Å². The molecule has 7 N–H and O–H groups in total. The molecule has 0 aliphatic heterocycles. The van der Waals surface area contributed by atoms with E-state index in [4.69, 9.17) is 0 Å². The number of hydrogen-bond donors (Lipinski definition) is 7. The molecule has 0 spiro atoms. The molecule has 1 aromatic carbocycles. The van der Waals surface area contributed by atoms with Gasteiger partial charge in [0, 0.05) is 21.1 Å². The minimum atomic E-state index is -2.22. The van der Waals surface area contributed by atoms with E-state index < -0.39 is 38.2 Å². The number of nitrogens with zero attached hydrogens (tertiary/aromatic N) is 1. The summed E-state index contributed by atoms with van der Waals surface area (Å²) < 4.78 is 11.8. The minimum Gasteiger partial charge on any atom is -0.350 e. The Bertz CT molecular complexity index is 888. The van der Waals surface area contributed by atoms with Crippen LogP contribution in [0.25, 0.3) is 0 Å². The molecule has 0 unspecified atom stereocenters. The van der Waals surface area contributed by atoms with Crippen molar-refractivity contribution in [2.45, 2.75) is 73.6 Å². The average molecular weight is 966 g/mol. The van der Waals surface area contributed by atoms with Gasteiger partial charge in [-0.2, -0.15) is 0 Å². The Morgan fingerprint density at radius 1 is 0.917 bits per heavy atom. The van der Waals surface area contributed by atoms with Gasteiger partial charge < -0.3 is 31.4 Å². The summed E-state index contributed by atoms with van der Waals surface area (Å²) in [4.78, 5) is 52.9. The number of carbonyl (C=O) groups excluding carboxylic acids is 5. The first-order valence-electron chi connectivity index (χ1n) is 16.1. The first-order valence-corrected chi connectivity index (χ1v) is 19.5. The van der Waals surface area contributed by atoms with Gasteiger partial charge in [0.2, 0.25) is 24.1 Å². The molecule has 1 aromatic rings. The van der Waals surface area contributed by atoms with Crippen molar-refractivity contribution in [3.05, 3.63) is 42.3 Å². The maximum atomic E-state index is 11.1. The van der Waals surface area contributed by atoms with Crippen LogP contribution >= 0.6 is 20.5 Å². The Kier molecular flexibility index (Phi) is 43.4. The molecule has 0 aliphatic rings. The molecule has 0 bridgehead atoms. The Balaban J connectivity index is -0.000000292. The van der Waals surface area contributed by atoms with E-state index in [9.17, 15) is 32.6 Å². The second kappa shape index (κ2) is 39.5. The molecule has 280 valence electrons. The number of unbranched alkanes of at least 4 members (excludes halogenated alkanes) is 3. The predicted octanol–water partition coefficient (Wildman–Crippen LogP) is 2.97. The van der Waals surface area contributed by atoms with E-state index in [0.717, 1.165) is 36.2 Å². The molecule has 0 atom stereocenters. The number of amides is 4. The van der Waals surface area contributed by atoms with Crippen LogP contribution in [0.2, 0.25) is 0 Å². The molecule has 0 radical (unpaired) electrons. The first-order chi connectivity index (χ1) is 22.3. The van der Waals surface area contributed by atoms with Crippen molar-refractivity contribution in [2.24, 2.45) is 11.8 Å². The number of benzene rings is 1. The summed E-state index contributed by atoms with van der Waals surface area (Å²) in [6.07, 6.45) is 8.56. The van der Waals surface area contributed by atoms with Gasteiger partial charge in [-0.1, -0.05) is 49.7 Å². The fraction of sp³-hybridized carbons (Fsp3) is 0.636. The Hall–Kier alpha value is -1.97. The third kappa shape index (κ3) is 44.0. The molecule has 0 aliphatic carbocycles. The van der Waals surface area contributed by atoms with Crippen LogP contribution in [-0.4, -0.2) is 93.1 Å². The smallest absolute Gasteiger partial charge is 0.239 e. The standard InChI is InChI=1S/C12H27INO2.C9H14N4O5.C7H8.C5H13N.W/c1-4-5-6-7-11-14(16)13(15)10-8-9-12(2)3;14-2-1-11-8(17)4-13-9(18)5-12-7(16)3-10-6-15;1-7-5-3-2-4-6-7;1-5(2)4-6-3;/h9,12,15-16H,4-8,10-11H2,1-3H3;2,6H,1,3-5H2,(H,10,15)(H,11,17)(H,12,16)(H,13,18);2-6H,1H3;5-6H,4H2,1-3H3;/q-1;;;;. The van der Waals surface area contributed by atoms with E-state index in [1.807, 2.05) is 25.2 Å². The van der Waals surface area contributed by atoms with Crippen LogP contribution in [0.5, 0.6) is 0 Å². The van der Waals surface area contributed by atoms with E-state index in [1.54, 1.807) is 0 Å². The fourth-order valence-corrected chi connectivity index (χ4v) is 5.51. The third-order valence-electron chi connectivity index (χ3n) is 5.51. The Morgan fingerprint density at radius 3 is 1.90 bits per heavy atom. The molecular formula is C33H62IN6O7W-. The summed E-state index contributed by atoms with van der Waals surface area (Å²) in [6.45, 7) is 13.7. The van der Waals surface area contributed by atoms with Crippen LogP contribution in [0.1, 0.15) is 72.3 Å².